The van der Waals surface area contributed by atoms with Crippen LogP contribution in [0, 0.1) is 20.8 Å². The van der Waals surface area contributed by atoms with E-state index in [1.807, 2.05) is 26.0 Å². The van der Waals surface area contributed by atoms with Crippen LogP contribution in [0.15, 0.2) is 30.3 Å². The van der Waals surface area contributed by atoms with Crippen molar-refractivity contribution in [2.75, 3.05) is 5.32 Å². The zero-order chi connectivity index (χ0) is 14.0. The van der Waals surface area contributed by atoms with Crippen molar-refractivity contribution in [3.8, 4) is 0 Å². The Labute approximate surface area is 112 Å². The summed E-state index contributed by atoms with van der Waals surface area (Å²) in [6, 6.07) is 9.16. The highest BCUT2D eigenvalue weighted by molar-refractivity contribution is 5.88. The first kappa shape index (κ1) is 13.1. The molecular weight excluding hydrogens is 240 g/mol. The SMILES string of the molecule is Cc1cc(C)cc(Nc2cc(C(=O)O)cc(C)n2)c1. The van der Waals surface area contributed by atoms with Crippen LogP contribution in [0.1, 0.15) is 27.2 Å². The van der Waals surface area contributed by atoms with Gasteiger partial charge in [0.2, 0.25) is 0 Å². The molecule has 0 aliphatic carbocycles. The Bertz CT molecular complexity index is 616. The van der Waals surface area contributed by atoms with Crippen LogP contribution in [0.4, 0.5) is 11.5 Å². The first-order valence-electron chi connectivity index (χ1n) is 6.01. The minimum absolute atomic E-state index is 0.236. The van der Waals surface area contributed by atoms with Gasteiger partial charge < -0.3 is 10.4 Å². The van der Waals surface area contributed by atoms with E-state index in [1.54, 1.807) is 13.0 Å². The van der Waals surface area contributed by atoms with Gasteiger partial charge in [-0.1, -0.05) is 6.07 Å². The molecule has 2 rings (SSSR count). The Kier molecular flexibility index (Phi) is 3.51. The molecule has 0 aliphatic heterocycles. The fourth-order valence-electron chi connectivity index (χ4n) is 2.05. The molecule has 2 N–H and O–H groups in total. The number of anilines is 2. The van der Waals surface area contributed by atoms with E-state index in [4.69, 9.17) is 5.11 Å². The molecule has 0 spiro atoms. The summed E-state index contributed by atoms with van der Waals surface area (Å²) in [5.41, 5.74) is 4.11. The van der Waals surface area contributed by atoms with Crippen molar-refractivity contribution >= 4 is 17.5 Å². The maximum absolute atomic E-state index is 11.0. The maximum Gasteiger partial charge on any atom is 0.335 e. The fraction of sp³-hybridized carbons (Fsp3) is 0.200. The summed E-state index contributed by atoms with van der Waals surface area (Å²) >= 11 is 0. The van der Waals surface area contributed by atoms with Gasteiger partial charge >= 0.3 is 5.97 Å². The highest BCUT2D eigenvalue weighted by atomic mass is 16.4. The molecule has 1 aromatic heterocycles. The predicted octanol–water partition coefficient (Wildman–Crippen LogP) is 3.45. The van der Waals surface area contributed by atoms with Gasteiger partial charge in [0.05, 0.1) is 5.56 Å². The highest BCUT2D eigenvalue weighted by Gasteiger charge is 2.07. The Hall–Kier alpha value is -2.36. The average Bonchev–Trinajstić information content (AvgIpc) is 2.26. The Morgan fingerprint density at radius 1 is 1.05 bits per heavy atom. The third-order valence-corrected chi connectivity index (χ3v) is 2.69. The third kappa shape index (κ3) is 3.31. The van der Waals surface area contributed by atoms with Crippen molar-refractivity contribution in [2.45, 2.75) is 20.8 Å². The van der Waals surface area contributed by atoms with E-state index < -0.39 is 5.97 Å². The number of hydrogen-bond acceptors (Lipinski definition) is 3. The molecule has 19 heavy (non-hydrogen) atoms. The van der Waals surface area contributed by atoms with Gasteiger partial charge in [-0.3, -0.25) is 0 Å². The van der Waals surface area contributed by atoms with Crippen LogP contribution in [0.3, 0.4) is 0 Å². The molecule has 4 heteroatoms. The molecule has 2 aromatic rings. The summed E-state index contributed by atoms with van der Waals surface area (Å²) in [7, 11) is 0. The van der Waals surface area contributed by atoms with Crippen LogP contribution in [-0.2, 0) is 0 Å². The van der Waals surface area contributed by atoms with Gasteiger partial charge in [0.15, 0.2) is 0 Å². The second-order valence-electron chi connectivity index (χ2n) is 4.69. The molecule has 0 fully saturated rings. The predicted molar refractivity (Wildman–Crippen MR) is 75.1 cm³/mol. The monoisotopic (exact) mass is 256 g/mol. The number of aromatic nitrogens is 1. The molecule has 1 aromatic carbocycles. The van der Waals surface area contributed by atoms with Crippen LogP contribution in [0.25, 0.3) is 0 Å². The number of carboxylic acids is 1. The second-order valence-corrected chi connectivity index (χ2v) is 4.69. The lowest BCUT2D eigenvalue weighted by molar-refractivity contribution is 0.0696. The summed E-state index contributed by atoms with van der Waals surface area (Å²) in [5, 5.41) is 12.2. The molecule has 0 saturated carbocycles. The number of rotatable bonds is 3. The fourth-order valence-corrected chi connectivity index (χ4v) is 2.05. The van der Waals surface area contributed by atoms with Crippen LogP contribution in [0.2, 0.25) is 0 Å². The number of nitrogens with zero attached hydrogens (tertiary/aromatic N) is 1. The first-order chi connectivity index (χ1) is 8.94. The van der Waals surface area contributed by atoms with Gasteiger partial charge in [0.25, 0.3) is 0 Å². The molecule has 0 atom stereocenters. The number of nitrogens with one attached hydrogen (secondary N) is 1. The maximum atomic E-state index is 11.0. The molecule has 0 radical (unpaired) electrons. The topological polar surface area (TPSA) is 62.2 Å². The summed E-state index contributed by atoms with van der Waals surface area (Å²) in [5.74, 6) is -0.406. The summed E-state index contributed by atoms with van der Waals surface area (Å²) < 4.78 is 0. The number of aromatic carboxylic acids is 1. The number of carbonyl (C=O) groups is 1. The summed E-state index contributed by atoms with van der Waals surface area (Å²) in [6.45, 7) is 5.81. The van der Waals surface area contributed by atoms with Crippen molar-refractivity contribution in [1.29, 1.82) is 0 Å². The lowest BCUT2D eigenvalue weighted by atomic mass is 10.1. The van der Waals surface area contributed by atoms with Gasteiger partial charge in [0, 0.05) is 11.4 Å². The van der Waals surface area contributed by atoms with Crippen LogP contribution in [-0.4, -0.2) is 16.1 Å². The molecule has 4 nitrogen and oxygen atoms in total. The van der Waals surface area contributed by atoms with E-state index in [-0.39, 0.29) is 5.56 Å². The van der Waals surface area contributed by atoms with Gasteiger partial charge in [-0.25, -0.2) is 9.78 Å². The normalized spacial score (nSPS) is 10.3. The van der Waals surface area contributed by atoms with Crippen LogP contribution < -0.4 is 5.32 Å². The van der Waals surface area contributed by atoms with Gasteiger partial charge in [-0.2, -0.15) is 0 Å². The third-order valence-electron chi connectivity index (χ3n) is 2.69. The Balaban J connectivity index is 2.35. The van der Waals surface area contributed by atoms with Gasteiger partial charge in [0.1, 0.15) is 5.82 Å². The minimum Gasteiger partial charge on any atom is -0.478 e. The molecule has 0 aliphatic rings. The first-order valence-corrected chi connectivity index (χ1v) is 6.01. The number of carboxylic acid groups (broad SMARTS) is 1. The van der Waals surface area contributed by atoms with E-state index >= 15 is 0 Å². The zero-order valence-corrected chi connectivity index (χ0v) is 11.2. The van der Waals surface area contributed by atoms with E-state index in [9.17, 15) is 4.79 Å². The van der Waals surface area contributed by atoms with Gasteiger partial charge in [-0.15, -0.1) is 0 Å². The average molecular weight is 256 g/mol. The summed E-state index contributed by atoms with van der Waals surface area (Å²) in [4.78, 5) is 15.3. The van der Waals surface area contributed by atoms with Crippen molar-refractivity contribution < 1.29 is 9.90 Å². The molecule has 0 unspecified atom stereocenters. The molecule has 0 saturated heterocycles. The zero-order valence-electron chi connectivity index (χ0n) is 11.2. The lowest BCUT2D eigenvalue weighted by Gasteiger charge is -2.09. The Morgan fingerprint density at radius 2 is 1.68 bits per heavy atom. The van der Waals surface area contributed by atoms with E-state index in [1.165, 1.54) is 6.07 Å². The molecule has 1 heterocycles. The van der Waals surface area contributed by atoms with Crippen molar-refractivity contribution in [1.82, 2.24) is 4.98 Å². The standard InChI is InChI=1S/C15H16N2O2/c1-9-4-10(2)6-13(5-9)17-14-8-12(15(18)19)7-11(3)16-14/h4-8H,1-3H3,(H,16,17)(H,18,19). The van der Waals surface area contributed by atoms with Crippen molar-refractivity contribution in [3.63, 3.8) is 0 Å². The molecule has 98 valence electrons. The molecular formula is C15H16N2O2. The molecule has 0 bridgehead atoms. The highest BCUT2D eigenvalue weighted by Crippen LogP contribution is 2.19. The van der Waals surface area contributed by atoms with Crippen molar-refractivity contribution in [3.05, 3.63) is 52.7 Å². The summed E-state index contributed by atoms with van der Waals surface area (Å²) in [6.07, 6.45) is 0. The van der Waals surface area contributed by atoms with Crippen molar-refractivity contribution in [2.24, 2.45) is 0 Å². The Morgan fingerprint density at radius 3 is 2.26 bits per heavy atom. The minimum atomic E-state index is -0.950. The number of hydrogen-bond donors (Lipinski definition) is 2. The van der Waals surface area contributed by atoms with E-state index in [2.05, 4.69) is 16.4 Å². The largest absolute Gasteiger partial charge is 0.478 e. The number of benzene rings is 1. The van der Waals surface area contributed by atoms with E-state index in [0.29, 0.717) is 11.5 Å². The number of aryl methyl sites for hydroxylation is 3. The van der Waals surface area contributed by atoms with Crippen LogP contribution in [0.5, 0.6) is 0 Å². The smallest absolute Gasteiger partial charge is 0.335 e. The van der Waals surface area contributed by atoms with Gasteiger partial charge in [-0.05, 0) is 56.2 Å². The second kappa shape index (κ2) is 5.10. The lowest BCUT2D eigenvalue weighted by Crippen LogP contribution is -2.02. The van der Waals surface area contributed by atoms with E-state index in [0.717, 1.165) is 16.8 Å². The van der Waals surface area contributed by atoms with Crippen LogP contribution >= 0.6 is 0 Å². The quantitative estimate of drug-likeness (QED) is 0.883. The molecule has 0 amide bonds. The number of pyridine rings is 1.